The summed E-state index contributed by atoms with van der Waals surface area (Å²) >= 11 is 0. The first-order valence-corrected chi connectivity index (χ1v) is 10.3. The average molecular weight is 464 g/mol. The normalized spacial score (nSPS) is 11.8. The first kappa shape index (κ1) is 23.0. The molecule has 0 fully saturated rings. The molecule has 0 unspecified atom stereocenters. The number of nitro benzene ring substituents is 1. The second-order valence-electron chi connectivity index (χ2n) is 7.72. The van der Waals surface area contributed by atoms with Crippen molar-refractivity contribution in [2.75, 3.05) is 0 Å². The average Bonchev–Trinajstić information content (AvgIpc) is 2.80. The monoisotopic (exact) mass is 464 g/mol. The van der Waals surface area contributed by atoms with Gasteiger partial charge in [0.1, 0.15) is 5.75 Å². The Morgan fingerprint density at radius 3 is 2.41 bits per heavy atom. The molecule has 0 aliphatic rings. The largest absolute Gasteiger partial charge is 0.449 e. The van der Waals surface area contributed by atoms with E-state index in [1.165, 1.54) is 0 Å². The van der Waals surface area contributed by atoms with E-state index in [4.69, 9.17) is 4.74 Å². The number of ether oxygens (including phenoxy) is 1. The van der Waals surface area contributed by atoms with Gasteiger partial charge in [-0.2, -0.15) is 13.2 Å². The van der Waals surface area contributed by atoms with Crippen molar-refractivity contribution in [2.45, 2.75) is 20.0 Å². The molecule has 0 N–H and O–H groups in total. The molecule has 0 radical (unpaired) electrons. The number of aryl methyl sites for hydroxylation is 1. The van der Waals surface area contributed by atoms with Crippen molar-refractivity contribution >= 4 is 28.4 Å². The first-order valence-electron chi connectivity index (χ1n) is 10.3. The number of rotatable bonds is 5. The Balaban J connectivity index is 1.83. The fourth-order valence-corrected chi connectivity index (χ4v) is 3.55. The van der Waals surface area contributed by atoms with Crippen LogP contribution in [0.15, 0.2) is 77.8 Å². The van der Waals surface area contributed by atoms with Gasteiger partial charge < -0.3 is 4.74 Å². The topological polar surface area (TPSA) is 64.7 Å². The van der Waals surface area contributed by atoms with Crippen LogP contribution in [0, 0.1) is 24.0 Å². The zero-order chi connectivity index (χ0) is 24.5. The zero-order valence-electron chi connectivity index (χ0n) is 18.3. The molecular formula is C26H19F3N2O3. The molecule has 0 saturated heterocycles. The number of hydrogen-bond donors (Lipinski definition) is 0. The minimum Gasteiger partial charge on any atom is -0.449 e. The fraction of sp³-hybridized carbons (Fsp3) is 0.115. The molecule has 4 aromatic carbocycles. The molecule has 0 saturated carbocycles. The fourth-order valence-electron chi connectivity index (χ4n) is 3.55. The van der Waals surface area contributed by atoms with Crippen LogP contribution in [-0.2, 0) is 6.18 Å². The van der Waals surface area contributed by atoms with Crippen LogP contribution in [0.5, 0.6) is 11.5 Å². The molecule has 0 aromatic heterocycles. The molecule has 0 atom stereocenters. The highest BCUT2D eigenvalue weighted by Gasteiger charge is 2.33. The number of fused-ring (bicyclic) bond motifs is 1. The van der Waals surface area contributed by atoms with E-state index in [9.17, 15) is 23.3 Å². The molecule has 0 amide bonds. The Labute approximate surface area is 193 Å². The number of nitrogens with zero attached hydrogens (tertiary/aromatic N) is 2. The number of hydrogen-bond acceptors (Lipinski definition) is 4. The predicted octanol–water partition coefficient (Wildman–Crippen LogP) is 7.93. The van der Waals surface area contributed by atoms with Crippen molar-refractivity contribution in [2.24, 2.45) is 4.99 Å². The maximum absolute atomic E-state index is 13.1. The molecule has 0 spiro atoms. The minimum atomic E-state index is -4.71. The maximum Gasteiger partial charge on any atom is 0.416 e. The van der Waals surface area contributed by atoms with Gasteiger partial charge in [-0.3, -0.25) is 15.1 Å². The van der Waals surface area contributed by atoms with Crippen LogP contribution in [0.3, 0.4) is 0 Å². The lowest BCUT2D eigenvalue weighted by Gasteiger charge is -2.13. The standard InChI is InChI=1S/C26H19F3N2O3/c1-16-6-5-9-22(17(16)2)30-15-21-20-8-4-3-7-18(20)10-12-24(21)34-25-13-11-19(26(27,28)29)14-23(25)31(32)33/h3-15H,1-2H3. The van der Waals surface area contributed by atoms with Crippen LogP contribution in [0.1, 0.15) is 22.3 Å². The van der Waals surface area contributed by atoms with Gasteiger partial charge in [0.05, 0.1) is 16.2 Å². The van der Waals surface area contributed by atoms with Crippen LogP contribution in [0.2, 0.25) is 0 Å². The summed E-state index contributed by atoms with van der Waals surface area (Å²) in [6, 6.07) is 18.8. The number of benzene rings is 4. The third-order valence-electron chi connectivity index (χ3n) is 5.54. The summed E-state index contributed by atoms with van der Waals surface area (Å²) in [5.74, 6) is -0.0646. The molecule has 34 heavy (non-hydrogen) atoms. The summed E-state index contributed by atoms with van der Waals surface area (Å²) in [7, 11) is 0. The third kappa shape index (κ3) is 4.61. The SMILES string of the molecule is Cc1cccc(N=Cc2c(Oc3ccc(C(F)(F)F)cc3[N+](=O)[O-])ccc3ccccc23)c1C. The second kappa shape index (κ2) is 8.97. The van der Waals surface area contributed by atoms with E-state index in [2.05, 4.69) is 4.99 Å². The van der Waals surface area contributed by atoms with Crippen molar-refractivity contribution in [1.82, 2.24) is 0 Å². The Bertz CT molecular complexity index is 1430. The van der Waals surface area contributed by atoms with Gasteiger partial charge in [0.2, 0.25) is 5.75 Å². The Kier molecular flexibility index (Phi) is 6.06. The highest BCUT2D eigenvalue weighted by molar-refractivity contribution is 6.03. The third-order valence-corrected chi connectivity index (χ3v) is 5.54. The molecule has 4 rings (SSSR count). The van der Waals surface area contributed by atoms with Gasteiger partial charge in [-0.25, -0.2) is 0 Å². The van der Waals surface area contributed by atoms with Gasteiger partial charge in [-0.15, -0.1) is 0 Å². The summed E-state index contributed by atoms with van der Waals surface area (Å²) in [4.78, 5) is 15.2. The van der Waals surface area contributed by atoms with Gasteiger partial charge >= 0.3 is 11.9 Å². The molecule has 0 bridgehead atoms. The summed E-state index contributed by atoms with van der Waals surface area (Å²) in [6.07, 6.45) is -3.11. The lowest BCUT2D eigenvalue weighted by Crippen LogP contribution is -2.06. The molecule has 0 aliphatic heterocycles. The van der Waals surface area contributed by atoms with E-state index in [0.717, 1.165) is 39.7 Å². The van der Waals surface area contributed by atoms with Crippen LogP contribution in [0.4, 0.5) is 24.5 Å². The first-order chi connectivity index (χ1) is 16.1. The molecule has 5 nitrogen and oxygen atoms in total. The van der Waals surface area contributed by atoms with Crippen LogP contribution in [0.25, 0.3) is 10.8 Å². The lowest BCUT2D eigenvalue weighted by atomic mass is 10.0. The van der Waals surface area contributed by atoms with Crippen LogP contribution in [-0.4, -0.2) is 11.1 Å². The molecule has 0 heterocycles. The molecule has 0 aliphatic carbocycles. The van der Waals surface area contributed by atoms with E-state index in [0.29, 0.717) is 11.6 Å². The van der Waals surface area contributed by atoms with E-state index in [-0.39, 0.29) is 11.5 Å². The van der Waals surface area contributed by atoms with Gasteiger partial charge in [-0.05, 0) is 60.0 Å². The van der Waals surface area contributed by atoms with Crippen LogP contribution < -0.4 is 4.74 Å². The Morgan fingerprint density at radius 1 is 0.941 bits per heavy atom. The van der Waals surface area contributed by atoms with E-state index in [1.807, 2.05) is 56.3 Å². The predicted molar refractivity (Wildman–Crippen MR) is 125 cm³/mol. The van der Waals surface area contributed by atoms with Crippen molar-refractivity contribution in [3.8, 4) is 11.5 Å². The second-order valence-corrected chi connectivity index (χ2v) is 7.72. The van der Waals surface area contributed by atoms with Gasteiger partial charge in [0, 0.05) is 17.8 Å². The molecule has 4 aromatic rings. The zero-order valence-corrected chi connectivity index (χ0v) is 18.3. The molecular weight excluding hydrogens is 445 g/mol. The van der Waals surface area contributed by atoms with E-state index < -0.39 is 22.4 Å². The summed E-state index contributed by atoms with van der Waals surface area (Å²) in [6.45, 7) is 3.93. The number of nitro groups is 1. The number of alkyl halides is 3. The Morgan fingerprint density at radius 2 is 1.68 bits per heavy atom. The number of aliphatic imine (C=N–C) groups is 1. The summed E-state index contributed by atoms with van der Waals surface area (Å²) in [5.41, 5.74) is 1.47. The van der Waals surface area contributed by atoms with Gasteiger partial charge in [0.15, 0.2) is 0 Å². The maximum atomic E-state index is 13.1. The summed E-state index contributed by atoms with van der Waals surface area (Å²) in [5, 5.41) is 13.2. The highest BCUT2D eigenvalue weighted by Crippen LogP contribution is 2.39. The lowest BCUT2D eigenvalue weighted by molar-refractivity contribution is -0.385. The molecule has 172 valence electrons. The van der Waals surface area contributed by atoms with Crippen LogP contribution >= 0.6 is 0 Å². The smallest absolute Gasteiger partial charge is 0.416 e. The van der Waals surface area contributed by atoms with Crippen molar-refractivity contribution < 1.29 is 22.8 Å². The van der Waals surface area contributed by atoms with Gasteiger partial charge in [0.25, 0.3) is 0 Å². The van der Waals surface area contributed by atoms with E-state index >= 15 is 0 Å². The quantitative estimate of drug-likeness (QED) is 0.171. The van der Waals surface area contributed by atoms with Crippen molar-refractivity contribution in [1.29, 1.82) is 0 Å². The van der Waals surface area contributed by atoms with Crippen molar-refractivity contribution in [3.05, 3.63) is 105 Å². The Hall–Kier alpha value is -4.20. The van der Waals surface area contributed by atoms with Gasteiger partial charge in [-0.1, -0.05) is 42.5 Å². The van der Waals surface area contributed by atoms with Crippen molar-refractivity contribution in [3.63, 3.8) is 0 Å². The van der Waals surface area contributed by atoms with E-state index in [1.54, 1.807) is 18.3 Å². The number of halogens is 3. The minimum absolute atomic E-state index is 0.232. The highest BCUT2D eigenvalue weighted by atomic mass is 19.4. The molecule has 8 heteroatoms. The summed E-state index contributed by atoms with van der Waals surface area (Å²) < 4.78 is 45.0.